The summed E-state index contributed by atoms with van der Waals surface area (Å²) in [6.45, 7) is 9.80. The van der Waals surface area contributed by atoms with E-state index in [0.29, 0.717) is 38.5 Å². The summed E-state index contributed by atoms with van der Waals surface area (Å²) < 4.78 is 7.70. The Bertz CT molecular complexity index is 1060. The minimum atomic E-state index is -0.0756. The van der Waals surface area contributed by atoms with Crippen LogP contribution in [0.2, 0.25) is 0 Å². The van der Waals surface area contributed by atoms with E-state index in [0.717, 1.165) is 35.7 Å². The molecule has 0 bridgehead atoms. The third kappa shape index (κ3) is 4.83. The Kier molecular flexibility index (Phi) is 6.43. The number of furan rings is 1. The molecule has 0 aromatic carbocycles. The summed E-state index contributed by atoms with van der Waals surface area (Å²) in [6.07, 6.45) is 0.979. The second-order valence-corrected chi connectivity index (χ2v) is 9.20. The fourth-order valence-electron chi connectivity index (χ4n) is 4.21. The van der Waals surface area contributed by atoms with Gasteiger partial charge in [-0.15, -0.1) is 11.3 Å². The van der Waals surface area contributed by atoms with Crippen LogP contribution in [0.15, 0.2) is 40.1 Å². The fraction of sp³-hybridized carbons (Fsp3) is 0.417. The first-order chi connectivity index (χ1) is 14.9. The van der Waals surface area contributed by atoms with Gasteiger partial charge >= 0.3 is 0 Å². The van der Waals surface area contributed by atoms with Crippen LogP contribution < -0.4 is 0 Å². The SMILES string of the molecule is Cc1ccc(C(=O)N2CCN(CC(=O)c3cc(C)n(CCc4cccs4)c3C)CC2)o1. The molecular formula is C24H29N3O3S. The van der Waals surface area contributed by atoms with Gasteiger partial charge in [-0.1, -0.05) is 6.07 Å². The van der Waals surface area contributed by atoms with Crippen LogP contribution in [-0.2, 0) is 13.0 Å². The molecule has 0 radical (unpaired) electrons. The quantitative estimate of drug-likeness (QED) is 0.523. The molecule has 0 N–H and O–H groups in total. The summed E-state index contributed by atoms with van der Waals surface area (Å²) in [5.41, 5.74) is 2.98. The lowest BCUT2D eigenvalue weighted by Crippen LogP contribution is -2.49. The fourth-order valence-corrected chi connectivity index (χ4v) is 4.91. The Morgan fingerprint density at radius 1 is 1.06 bits per heavy atom. The maximum absolute atomic E-state index is 13.0. The first-order valence-corrected chi connectivity index (χ1v) is 11.6. The maximum Gasteiger partial charge on any atom is 0.289 e. The summed E-state index contributed by atoms with van der Waals surface area (Å²) in [7, 11) is 0. The number of nitrogens with zero attached hydrogens (tertiary/aromatic N) is 3. The average Bonchev–Trinajstić information content (AvgIpc) is 3.48. The second-order valence-electron chi connectivity index (χ2n) is 8.17. The van der Waals surface area contributed by atoms with Crippen molar-refractivity contribution in [2.24, 2.45) is 0 Å². The Balaban J connectivity index is 1.33. The van der Waals surface area contributed by atoms with Crippen LogP contribution in [0.5, 0.6) is 0 Å². The molecule has 1 amide bonds. The number of thiophene rings is 1. The summed E-state index contributed by atoms with van der Waals surface area (Å²) in [6, 6.07) is 9.78. The number of aryl methyl sites for hydroxylation is 3. The van der Waals surface area contributed by atoms with Crippen molar-refractivity contribution in [3.05, 3.63) is 69.1 Å². The summed E-state index contributed by atoms with van der Waals surface area (Å²) in [4.78, 5) is 30.9. The number of hydrogen-bond acceptors (Lipinski definition) is 5. The number of rotatable bonds is 7. The zero-order valence-electron chi connectivity index (χ0n) is 18.4. The van der Waals surface area contributed by atoms with E-state index in [2.05, 4.69) is 33.9 Å². The highest BCUT2D eigenvalue weighted by Gasteiger charge is 2.26. The van der Waals surface area contributed by atoms with Gasteiger partial charge in [0.15, 0.2) is 11.5 Å². The lowest BCUT2D eigenvalue weighted by atomic mass is 10.1. The largest absolute Gasteiger partial charge is 0.456 e. The first kappa shape index (κ1) is 21.6. The summed E-state index contributed by atoms with van der Waals surface area (Å²) in [5, 5.41) is 2.10. The molecule has 1 saturated heterocycles. The molecule has 1 aliphatic heterocycles. The van der Waals surface area contributed by atoms with Gasteiger partial charge < -0.3 is 13.9 Å². The van der Waals surface area contributed by atoms with E-state index in [1.165, 1.54) is 4.88 Å². The first-order valence-electron chi connectivity index (χ1n) is 10.7. The average molecular weight is 440 g/mol. The van der Waals surface area contributed by atoms with Crippen molar-refractivity contribution in [1.82, 2.24) is 14.4 Å². The third-order valence-electron chi connectivity index (χ3n) is 6.01. The molecule has 3 aromatic rings. The highest BCUT2D eigenvalue weighted by Crippen LogP contribution is 2.19. The van der Waals surface area contributed by atoms with Crippen molar-refractivity contribution in [3.8, 4) is 0 Å². The molecule has 0 unspecified atom stereocenters. The van der Waals surface area contributed by atoms with Gasteiger partial charge in [0.25, 0.3) is 5.91 Å². The number of Topliss-reactive ketones (excluding diaryl/α,β-unsaturated/α-hetero) is 1. The normalized spacial score (nSPS) is 14.9. The molecule has 0 atom stereocenters. The molecule has 7 heteroatoms. The lowest BCUT2D eigenvalue weighted by molar-refractivity contribution is 0.0595. The van der Waals surface area contributed by atoms with Crippen LogP contribution in [0.4, 0.5) is 0 Å². The standard InChI is InChI=1S/C24H29N3O3S/c1-17-15-21(19(3)27(17)9-8-20-5-4-14-31-20)22(28)16-25-10-12-26(13-11-25)24(29)23-7-6-18(2)30-23/h4-7,14-15H,8-13,16H2,1-3H3. The molecular weight excluding hydrogens is 410 g/mol. The van der Waals surface area contributed by atoms with Gasteiger partial charge in [-0.05, 0) is 56.8 Å². The molecule has 4 rings (SSSR count). The van der Waals surface area contributed by atoms with Gasteiger partial charge in [0.1, 0.15) is 5.76 Å². The molecule has 6 nitrogen and oxygen atoms in total. The molecule has 0 aliphatic carbocycles. The molecule has 4 heterocycles. The molecule has 1 fully saturated rings. The minimum absolute atomic E-state index is 0.0756. The molecule has 3 aromatic heterocycles. The summed E-state index contributed by atoms with van der Waals surface area (Å²) in [5.74, 6) is 1.20. The van der Waals surface area contributed by atoms with E-state index in [4.69, 9.17) is 4.42 Å². The Labute approximate surface area is 187 Å². The van der Waals surface area contributed by atoms with E-state index >= 15 is 0 Å². The number of ketones is 1. The molecule has 1 aliphatic rings. The van der Waals surface area contributed by atoms with Crippen molar-refractivity contribution < 1.29 is 14.0 Å². The van der Waals surface area contributed by atoms with E-state index in [9.17, 15) is 9.59 Å². The number of hydrogen-bond donors (Lipinski definition) is 0. The van der Waals surface area contributed by atoms with Crippen molar-refractivity contribution in [2.75, 3.05) is 32.7 Å². The number of aromatic nitrogens is 1. The van der Waals surface area contributed by atoms with Crippen LogP contribution in [0.1, 0.15) is 42.9 Å². The van der Waals surface area contributed by atoms with Gasteiger partial charge in [0.05, 0.1) is 6.54 Å². The van der Waals surface area contributed by atoms with E-state index in [1.807, 2.05) is 19.9 Å². The van der Waals surface area contributed by atoms with Crippen molar-refractivity contribution in [1.29, 1.82) is 0 Å². The number of amides is 1. The van der Waals surface area contributed by atoms with Crippen molar-refractivity contribution in [2.45, 2.75) is 33.7 Å². The van der Waals surface area contributed by atoms with Gasteiger partial charge in [-0.3, -0.25) is 14.5 Å². The van der Waals surface area contributed by atoms with E-state index < -0.39 is 0 Å². The Morgan fingerprint density at radius 2 is 1.84 bits per heavy atom. The zero-order valence-corrected chi connectivity index (χ0v) is 19.2. The molecule has 164 valence electrons. The minimum Gasteiger partial charge on any atom is -0.456 e. The zero-order chi connectivity index (χ0) is 22.0. The monoisotopic (exact) mass is 439 g/mol. The number of carbonyl (C=O) groups excluding carboxylic acids is 2. The van der Waals surface area contributed by atoms with Gasteiger partial charge in [-0.25, -0.2) is 0 Å². The van der Waals surface area contributed by atoms with Crippen LogP contribution in [0.3, 0.4) is 0 Å². The van der Waals surface area contributed by atoms with Crippen molar-refractivity contribution >= 4 is 23.0 Å². The van der Waals surface area contributed by atoms with Gasteiger partial charge in [0.2, 0.25) is 0 Å². The van der Waals surface area contributed by atoms with Crippen LogP contribution >= 0.6 is 11.3 Å². The third-order valence-corrected chi connectivity index (χ3v) is 6.95. The molecule has 31 heavy (non-hydrogen) atoms. The van der Waals surface area contributed by atoms with Crippen LogP contribution in [0, 0.1) is 20.8 Å². The predicted octanol–water partition coefficient (Wildman–Crippen LogP) is 3.95. The van der Waals surface area contributed by atoms with E-state index in [-0.39, 0.29) is 11.7 Å². The maximum atomic E-state index is 13.0. The molecule has 0 saturated carbocycles. The number of carbonyl (C=O) groups is 2. The van der Waals surface area contributed by atoms with E-state index in [1.54, 1.807) is 28.4 Å². The smallest absolute Gasteiger partial charge is 0.289 e. The highest BCUT2D eigenvalue weighted by atomic mass is 32.1. The Morgan fingerprint density at radius 3 is 2.48 bits per heavy atom. The highest BCUT2D eigenvalue weighted by molar-refractivity contribution is 7.09. The summed E-state index contributed by atoms with van der Waals surface area (Å²) >= 11 is 1.77. The van der Waals surface area contributed by atoms with Crippen molar-refractivity contribution in [3.63, 3.8) is 0 Å². The van der Waals surface area contributed by atoms with Crippen LogP contribution in [0.25, 0.3) is 0 Å². The van der Waals surface area contributed by atoms with Gasteiger partial charge in [-0.2, -0.15) is 0 Å². The second kappa shape index (κ2) is 9.24. The van der Waals surface area contributed by atoms with Crippen LogP contribution in [-0.4, -0.2) is 58.8 Å². The lowest BCUT2D eigenvalue weighted by Gasteiger charge is -2.33. The Hall–Kier alpha value is -2.64. The predicted molar refractivity (Wildman–Crippen MR) is 122 cm³/mol. The number of piperazine rings is 1. The van der Waals surface area contributed by atoms with Gasteiger partial charge in [0, 0.05) is 54.6 Å². The molecule has 0 spiro atoms. The topological polar surface area (TPSA) is 58.7 Å².